The molecule has 194 valence electrons. The number of rotatable bonds is 7. The summed E-state index contributed by atoms with van der Waals surface area (Å²) >= 11 is 0. The Hall–Kier alpha value is -3.45. The van der Waals surface area contributed by atoms with E-state index in [0.717, 1.165) is 41.2 Å². The Morgan fingerprint density at radius 1 is 1.16 bits per heavy atom. The molecule has 2 aromatic heterocycles. The minimum atomic E-state index is 0.0625. The molecule has 0 spiro atoms. The average molecular weight is 499 g/mol. The van der Waals surface area contributed by atoms with Gasteiger partial charge in [-0.05, 0) is 75.9 Å². The quantitative estimate of drug-likeness (QED) is 0.367. The third-order valence-corrected chi connectivity index (χ3v) is 7.63. The van der Waals surface area contributed by atoms with E-state index in [9.17, 15) is 4.79 Å². The molecule has 37 heavy (non-hydrogen) atoms. The zero-order chi connectivity index (χ0) is 26.2. The standard InChI is InChI=1S/C30H38N6O/c1-5-34(30(2,3)4)17-7-10-27(37)35-19-26-28(22-13-15-32-16-14-22)29(23-8-6-9-24(31)18-23)33-36(26)20-25(35)21-11-12-21/h6-10,13-16,18,21,25H,5,11-12,17,19-20,31H2,1-4H3/b10-7+/t25-/m1/s1. The van der Waals surface area contributed by atoms with Crippen LogP contribution in [0.4, 0.5) is 5.69 Å². The molecule has 0 saturated heterocycles. The summed E-state index contributed by atoms with van der Waals surface area (Å²) in [5.41, 5.74) is 11.9. The van der Waals surface area contributed by atoms with E-state index >= 15 is 0 Å². The summed E-state index contributed by atoms with van der Waals surface area (Å²) in [5.74, 6) is 0.622. The van der Waals surface area contributed by atoms with E-state index in [1.807, 2.05) is 42.5 Å². The summed E-state index contributed by atoms with van der Waals surface area (Å²) in [7, 11) is 0. The van der Waals surface area contributed by atoms with Crippen molar-refractivity contribution in [2.45, 2.75) is 65.2 Å². The van der Waals surface area contributed by atoms with Crippen molar-refractivity contribution in [3.05, 3.63) is 66.6 Å². The van der Waals surface area contributed by atoms with Crippen molar-refractivity contribution in [2.75, 3.05) is 18.8 Å². The fourth-order valence-electron chi connectivity index (χ4n) is 5.45. The van der Waals surface area contributed by atoms with Crippen LogP contribution in [0.1, 0.15) is 46.2 Å². The van der Waals surface area contributed by atoms with Gasteiger partial charge in [-0.25, -0.2) is 0 Å². The highest BCUT2D eigenvalue weighted by atomic mass is 16.2. The van der Waals surface area contributed by atoms with Crippen molar-refractivity contribution in [1.82, 2.24) is 24.6 Å². The molecule has 3 aromatic rings. The van der Waals surface area contributed by atoms with Gasteiger partial charge in [0.05, 0.1) is 24.8 Å². The van der Waals surface area contributed by atoms with Gasteiger partial charge in [0.2, 0.25) is 5.91 Å². The molecule has 2 N–H and O–H groups in total. The summed E-state index contributed by atoms with van der Waals surface area (Å²) < 4.78 is 2.13. The van der Waals surface area contributed by atoms with Gasteiger partial charge in [0.25, 0.3) is 0 Å². The summed E-state index contributed by atoms with van der Waals surface area (Å²) in [6.45, 7) is 11.7. The van der Waals surface area contributed by atoms with E-state index in [-0.39, 0.29) is 17.5 Å². The number of anilines is 1. The predicted octanol–water partition coefficient (Wildman–Crippen LogP) is 4.99. The molecule has 1 aromatic carbocycles. The van der Waals surface area contributed by atoms with Crippen LogP contribution in [0.25, 0.3) is 22.4 Å². The molecule has 1 aliphatic heterocycles. The molecule has 5 rings (SSSR count). The smallest absolute Gasteiger partial charge is 0.246 e. The van der Waals surface area contributed by atoms with E-state index in [4.69, 9.17) is 10.8 Å². The Bertz CT molecular complexity index is 1290. The molecular formula is C30H38N6O. The lowest BCUT2D eigenvalue weighted by Gasteiger charge is -2.36. The van der Waals surface area contributed by atoms with Gasteiger partial charge in [-0.1, -0.05) is 25.1 Å². The largest absolute Gasteiger partial charge is 0.399 e. The monoisotopic (exact) mass is 498 g/mol. The Kier molecular flexibility index (Phi) is 6.90. The number of pyridine rings is 1. The van der Waals surface area contributed by atoms with E-state index in [2.05, 4.69) is 47.2 Å². The average Bonchev–Trinajstić information content (AvgIpc) is 3.65. The number of carbonyl (C=O) groups excluding carboxylic acids is 1. The number of hydrogen-bond acceptors (Lipinski definition) is 5. The Morgan fingerprint density at radius 2 is 1.92 bits per heavy atom. The number of aromatic nitrogens is 3. The minimum Gasteiger partial charge on any atom is -0.399 e. The number of nitrogens with zero attached hydrogens (tertiary/aromatic N) is 5. The Balaban J connectivity index is 1.50. The lowest BCUT2D eigenvalue weighted by Crippen LogP contribution is -2.47. The van der Waals surface area contributed by atoms with E-state index < -0.39 is 0 Å². The van der Waals surface area contributed by atoms with Crippen LogP contribution in [0.15, 0.2) is 60.9 Å². The second-order valence-electron chi connectivity index (χ2n) is 11.2. The first-order chi connectivity index (χ1) is 17.8. The first-order valence-electron chi connectivity index (χ1n) is 13.3. The van der Waals surface area contributed by atoms with Crippen LogP contribution in [-0.2, 0) is 17.9 Å². The second kappa shape index (κ2) is 10.1. The van der Waals surface area contributed by atoms with Crippen LogP contribution in [-0.4, -0.2) is 55.1 Å². The van der Waals surface area contributed by atoms with Gasteiger partial charge in [-0.3, -0.25) is 19.4 Å². The molecule has 3 heterocycles. The zero-order valence-corrected chi connectivity index (χ0v) is 22.4. The van der Waals surface area contributed by atoms with Crippen LogP contribution in [0, 0.1) is 5.92 Å². The Morgan fingerprint density at radius 3 is 2.57 bits per heavy atom. The van der Waals surface area contributed by atoms with Gasteiger partial charge in [-0.2, -0.15) is 5.10 Å². The minimum absolute atomic E-state index is 0.0625. The second-order valence-corrected chi connectivity index (χ2v) is 11.2. The number of hydrogen-bond donors (Lipinski definition) is 1. The fourth-order valence-corrected chi connectivity index (χ4v) is 5.45. The molecule has 0 bridgehead atoms. The molecule has 1 saturated carbocycles. The van der Waals surface area contributed by atoms with Crippen molar-refractivity contribution in [3.8, 4) is 22.4 Å². The van der Waals surface area contributed by atoms with Crippen molar-refractivity contribution in [1.29, 1.82) is 0 Å². The highest BCUT2D eigenvalue weighted by molar-refractivity contribution is 5.89. The maximum absolute atomic E-state index is 13.6. The molecule has 0 unspecified atom stereocenters. The van der Waals surface area contributed by atoms with Gasteiger partial charge in [0, 0.05) is 47.4 Å². The number of amides is 1. The lowest BCUT2D eigenvalue weighted by molar-refractivity contribution is -0.130. The lowest BCUT2D eigenvalue weighted by atomic mass is 9.97. The van der Waals surface area contributed by atoms with Crippen molar-refractivity contribution in [3.63, 3.8) is 0 Å². The number of nitrogen functional groups attached to an aromatic ring is 1. The van der Waals surface area contributed by atoms with Gasteiger partial charge >= 0.3 is 0 Å². The van der Waals surface area contributed by atoms with Gasteiger partial charge < -0.3 is 10.6 Å². The molecule has 7 heteroatoms. The number of fused-ring (bicyclic) bond motifs is 1. The number of likely N-dealkylation sites (N-methyl/N-ethyl adjacent to an activating group) is 1. The van der Waals surface area contributed by atoms with Gasteiger partial charge in [-0.15, -0.1) is 0 Å². The van der Waals surface area contributed by atoms with Crippen LogP contribution < -0.4 is 5.73 Å². The van der Waals surface area contributed by atoms with Crippen molar-refractivity contribution >= 4 is 11.6 Å². The summed E-state index contributed by atoms with van der Waals surface area (Å²) in [5, 5.41) is 5.09. The normalized spacial score (nSPS) is 18.0. The third kappa shape index (κ3) is 5.32. The molecule has 1 amide bonds. The van der Waals surface area contributed by atoms with Crippen LogP contribution >= 0.6 is 0 Å². The molecule has 1 atom stereocenters. The molecule has 1 fully saturated rings. The molecular weight excluding hydrogens is 460 g/mol. The van der Waals surface area contributed by atoms with Crippen molar-refractivity contribution < 1.29 is 4.79 Å². The number of nitrogens with two attached hydrogens (primary N) is 1. The van der Waals surface area contributed by atoms with Gasteiger partial charge in [0.15, 0.2) is 0 Å². The highest BCUT2D eigenvalue weighted by Crippen LogP contribution is 2.42. The maximum atomic E-state index is 13.6. The topological polar surface area (TPSA) is 80.3 Å². The Labute approximate surface area is 220 Å². The fraction of sp³-hybridized carbons (Fsp3) is 0.433. The maximum Gasteiger partial charge on any atom is 0.246 e. The van der Waals surface area contributed by atoms with E-state index in [1.165, 1.54) is 12.8 Å². The van der Waals surface area contributed by atoms with Gasteiger partial charge in [0.1, 0.15) is 5.69 Å². The molecule has 0 radical (unpaired) electrons. The van der Waals surface area contributed by atoms with Crippen molar-refractivity contribution in [2.24, 2.45) is 5.92 Å². The summed E-state index contributed by atoms with van der Waals surface area (Å²) in [6.07, 6.45) is 9.75. The van der Waals surface area contributed by atoms with E-state index in [1.54, 1.807) is 18.5 Å². The van der Waals surface area contributed by atoms with Crippen LogP contribution in [0.2, 0.25) is 0 Å². The summed E-state index contributed by atoms with van der Waals surface area (Å²) in [6, 6.07) is 12.1. The first kappa shape index (κ1) is 25.2. The predicted molar refractivity (Wildman–Crippen MR) is 149 cm³/mol. The SMILES string of the molecule is CCN(C/C=C/C(=O)N1Cc2c(-c3ccncc3)c(-c3cccc(N)c3)nn2C[C@@H]1C1CC1)C(C)(C)C. The third-order valence-electron chi connectivity index (χ3n) is 7.63. The van der Waals surface area contributed by atoms with Crippen LogP contribution in [0.5, 0.6) is 0 Å². The number of carbonyl (C=O) groups is 1. The highest BCUT2D eigenvalue weighted by Gasteiger charge is 2.41. The van der Waals surface area contributed by atoms with E-state index in [0.29, 0.717) is 24.7 Å². The molecule has 1 aliphatic carbocycles. The molecule has 7 nitrogen and oxygen atoms in total. The summed E-state index contributed by atoms with van der Waals surface area (Å²) in [4.78, 5) is 22.3. The molecule has 2 aliphatic rings. The number of benzene rings is 1. The first-order valence-corrected chi connectivity index (χ1v) is 13.3. The zero-order valence-electron chi connectivity index (χ0n) is 22.4. The van der Waals surface area contributed by atoms with Crippen LogP contribution in [0.3, 0.4) is 0 Å².